The number of benzene rings is 1. The molecule has 1 aromatic heterocycles. The lowest BCUT2D eigenvalue weighted by molar-refractivity contribution is 0.147. The molecule has 0 saturated carbocycles. The van der Waals surface area contributed by atoms with Gasteiger partial charge in [-0.15, -0.1) is 0 Å². The van der Waals surface area contributed by atoms with E-state index in [9.17, 15) is 13.9 Å². The summed E-state index contributed by atoms with van der Waals surface area (Å²) in [6, 6.07) is 5.54. The van der Waals surface area contributed by atoms with Crippen LogP contribution in [0.5, 0.6) is 5.75 Å². The van der Waals surface area contributed by atoms with Crippen LogP contribution in [0.1, 0.15) is 12.0 Å². The zero-order valence-electron chi connectivity index (χ0n) is 9.06. The fourth-order valence-electron chi connectivity index (χ4n) is 1.51. The molecule has 3 N–H and O–H groups in total. The molecule has 0 aliphatic carbocycles. The van der Waals surface area contributed by atoms with Crippen molar-refractivity contribution in [1.29, 1.82) is 0 Å². The van der Waals surface area contributed by atoms with Crippen LogP contribution in [-0.2, 0) is 7.05 Å². The molecule has 2 rings (SSSR count). The number of nitrogens with two attached hydrogens (primary N) is 1. The van der Waals surface area contributed by atoms with Gasteiger partial charge in [-0.2, -0.15) is 5.10 Å². The Morgan fingerprint density at radius 3 is 2.59 bits per heavy atom. The summed E-state index contributed by atoms with van der Waals surface area (Å²) in [7, 11) is 1.66. The molecule has 0 amide bonds. The number of phenolic OH excluding ortho intramolecular Hbond substituents is 1. The van der Waals surface area contributed by atoms with E-state index in [4.69, 9.17) is 5.73 Å². The van der Waals surface area contributed by atoms with Gasteiger partial charge in [0.1, 0.15) is 11.6 Å². The molecule has 0 fully saturated rings. The third kappa shape index (κ3) is 2.06. The van der Waals surface area contributed by atoms with Crippen LogP contribution >= 0.6 is 0 Å². The molecule has 0 unspecified atom stereocenters. The minimum atomic E-state index is -2.73. The van der Waals surface area contributed by atoms with Gasteiger partial charge in [-0.25, -0.2) is 8.78 Å². The molecule has 0 spiro atoms. The summed E-state index contributed by atoms with van der Waals surface area (Å²) in [5, 5.41) is 13.4. The lowest BCUT2D eigenvalue weighted by atomic mass is 10.1. The number of halogens is 2. The molecule has 0 bridgehead atoms. The molecule has 17 heavy (non-hydrogen) atoms. The van der Waals surface area contributed by atoms with Gasteiger partial charge >= 0.3 is 0 Å². The summed E-state index contributed by atoms with van der Waals surface area (Å²) < 4.78 is 26.6. The van der Waals surface area contributed by atoms with Crippen molar-refractivity contribution in [2.75, 3.05) is 5.73 Å². The van der Waals surface area contributed by atoms with Crippen LogP contribution in [0.2, 0.25) is 0 Å². The number of rotatable bonds is 2. The van der Waals surface area contributed by atoms with Crippen LogP contribution in [0, 0.1) is 0 Å². The van der Waals surface area contributed by atoms with E-state index < -0.39 is 17.7 Å². The van der Waals surface area contributed by atoms with Crippen LogP contribution < -0.4 is 5.73 Å². The molecule has 4 nitrogen and oxygen atoms in total. The maximum atomic E-state index is 12.6. The number of aryl methyl sites for hydroxylation is 1. The summed E-state index contributed by atoms with van der Waals surface area (Å²) in [6.45, 7) is 0. The SMILES string of the molecule is Cn1nc(-c2ccc(O)c(C(F)F)c2)cc1N. The maximum Gasteiger partial charge on any atom is 0.267 e. The van der Waals surface area contributed by atoms with E-state index in [1.54, 1.807) is 13.1 Å². The zero-order chi connectivity index (χ0) is 12.6. The van der Waals surface area contributed by atoms with Gasteiger partial charge < -0.3 is 10.8 Å². The van der Waals surface area contributed by atoms with Gasteiger partial charge in [-0.1, -0.05) is 0 Å². The first-order valence-electron chi connectivity index (χ1n) is 4.90. The third-order valence-corrected chi connectivity index (χ3v) is 2.47. The topological polar surface area (TPSA) is 64.1 Å². The maximum absolute atomic E-state index is 12.6. The van der Waals surface area contributed by atoms with Crippen LogP contribution in [0.3, 0.4) is 0 Å². The molecule has 1 heterocycles. The van der Waals surface area contributed by atoms with Crippen molar-refractivity contribution in [1.82, 2.24) is 9.78 Å². The van der Waals surface area contributed by atoms with Crippen molar-refractivity contribution in [2.24, 2.45) is 7.05 Å². The summed E-state index contributed by atoms with van der Waals surface area (Å²) in [5.41, 5.74) is 6.18. The smallest absolute Gasteiger partial charge is 0.267 e. The molecule has 0 radical (unpaired) electrons. The summed E-state index contributed by atoms with van der Waals surface area (Å²) in [5.74, 6) is 0.0133. The average Bonchev–Trinajstić information content (AvgIpc) is 2.59. The number of nitrogen functional groups attached to an aromatic ring is 1. The molecule has 6 heteroatoms. The van der Waals surface area contributed by atoms with Crippen LogP contribution in [0.4, 0.5) is 14.6 Å². The zero-order valence-corrected chi connectivity index (χ0v) is 9.06. The Morgan fingerprint density at radius 2 is 2.06 bits per heavy atom. The molecule has 2 aromatic rings. The van der Waals surface area contributed by atoms with Crippen molar-refractivity contribution in [3.63, 3.8) is 0 Å². The minimum absolute atomic E-state index is 0.410. The first-order valence-corrected chi connectivity index (χ1v) is 4.90. The molecular weight excluding hydrogens is 228 g/mol. The van der Waals surface area contributed by atoms with Crippen molar-refractivity contribution in [3.8, 4) is 17.0 Å². The second kappa shape index (κ2) is 4.04. The lowest BCUT2D eigenvalue weighted by Crippen LogP contribution is -1.96. The number of aromatic hydroxyl groups is 1. The molecule has 0 aliphatic heterocycles. The molecule has 0 aliphatic rings. The van der Waals surface area contributed by atoms with Crippen molar-refractivity contribution in [3.05, 3.63) is 29.8 Å². The van der Waals surface area contributed by atoms with Gasteiger partial charge in [0.15, 0.2) is 0 Å². The van der Waals surface area contributed by atoms with Gasteiger partial charge in [-0.3, -0.25) is 4.68 Å². The third-order valence-electron chi connectivity index (χ3n) is 2.47. The van der Waals surface area contributed by atoms with Gasteiger partial charge in [0.2, 0.25) is 0 Å². The number of nitrogens with zero attached hydrogens (tertiary/aromatic N) is 2. The standard InChI is InChI=1S/C11H11F2N3O/c1-16-10(14)5-8(15-16)6-2-3-9(17)7(4-6)11(12)13/h2-5,11,17H,14H2,1H3. The minimum Gasteiger partial charge on any atom is -0.507 e. The highest BCUT2D eigenvalue weighted by Crippen LogP contribution is 2.32. The van der Waals surface area contributed by atoms with E-state index in [1.165, 1.54) is 22.9 Å². The highest BCUT2D eigenvalue weighted by molar-refractivity contribution is 5.64. The first kappa shape index (κ1) is 11.4. The quantitative estimate of drug-likeness (QED) is 0.845. The summed E-state index contributed by atoms with van der Waals surface area (Å²) in [6.07, 6.45) is -2.73. The number of phenols is 1. The fourth-order valence-corrected chi connectivity index (χ4v) is 1.51. The summed E-state index contributed by atoms with van der Waals surface area (Å²) >= 11 is 0. The van der Waals surface area contributed by atoms with Crippen molar-refractivity contribution in [2.45, 2.75) is 6.43 Å². The second-order valence-electron chi connectivity index (χ2n) is 3.65. The number of alkyl halides is 2. The predicted molar refractivity (Wildman–Crippen MR) is 59.7 cm³/mol. The molecule has 0 saturated heterocycles. The Hall–Kier alpha value is -2.11. The van der Waals surface area contributed by atoms with E-state index in [2.05, 4.69) is 5.10 Å². The number of hydrogen-bond acceptors (Lipinski definition) is 3. The van der Waals surface area contributed by atoms with Gasteiger partial charge in [0.25, 0.3) is 6.43 Å². The Balaban J connectivity index is 2.49. The first-order chi connectivity index (χ1) is 7.99. The number of aromatic nitrogens is 2. The summed E-state index contributed by atoms with van der Waals surface area (Å²) in [4.78, 5) is 0. The highest BCUT2D eigenvalue weighted by atomic mass is 19.3. The fraction of sp³-hybridized carbons (Fsp3) is 0.182. The van der Waals surface area contributed by atoms with E-state index in [0.717, 1.165) is 0 Å². The highest BCUT2D eigenvalue weighted by Gasteiger charge is 2.15. The molecule has 1 aromatic carbocycles. The monoisotopic (exact) mass is 239 g/mol. The van der Waals surface area contributed by atoms with Crippen molar-refractivity contribution < 1.29 is 13.9 Å². The van der Waals surface area contributed by atoms with E-state index in [0.29, 0.717) is 17.1 Å². The molecular formula is C11H11F2N3O. The Kier molecular flexibility index (Phi) is 2.71. The van der Waals surface area contributed by atoms with Gasteiger partial charge in [0.05, 0.1) is 11.3 Å². The lowest BCUT2D eigenvalue weighted by Gasteiger charge is -2.05. The van der Waals surface area contributed by atoms with Gasteiger partial charge in [-0.05, 0) is 18.2 Å². The Labute approximate surface area is 96.3 Å². The van der Waals surface area contributed by atoms with Gasteiger partial charge in [0, 0.05) is 18.7 Å². The number of hydrogen-bond donors (Lipinski definition) is 2. The molecule has 90 valence electrons. The van der Waals surface area contributed by atoms with E-state index in [1.807, 2.05) is 0 Å². The van der Waals surface area contributed by atoms with E-state index >= 15 is 0 Å². The predicted octanol–water partition coefficient (Wildman–Crippen LogP) is 2.31. The van der Waals surface area contributed by atoms with Crippen molar-refractivity contribution >= 4 is 5.82 Å². The van der Waals surface area contributed by atoms with E-state index in [-0.39, 0.29) is 0 Å². The van der Waals surface area contributed by atoms with Crippen LogP contribution in [0.25, 0.3) is 11.3 Å². The Morgan fingerprint density at radius 1 is 1.35 bits per heavy atom. The van der Waals surface area contributed by atoms with Crippen LogP contribution in [-0.4, -0.2) is 14.9 Å². The molecule has 0 atom stereocenters. The second-order valence-corrected chi connectivity index (χ2v) is 3.65. The van der Waals surface area contributed by atoms with Crippen LogP contribution in [0.15, 0.2) is 24.3 Å². The number of anilines is 1. The largest absolute Gasteiger partial charge is 0.507 e. The average molecular weight is 239 g/mol. The normalized spacial score (nSPS) is 11.1. The Bertz CT molecular complexity index is 532.